The second-order valence-corrected chi connectivity index (χ2v) is 12.2. The van der Waals surface area contributed by atoms with E-state index in [0.717, 1.165) is 0 Å². The third kappa shape index (κ3) is 2.87. The summed E-state index contributed by atoms with van der Waals surface area (Å²) >= 11 is 0. The van der Waals surface area contributed by atoms with Gasteiger partial charge in [-0.25, -0.2) is 0 Å². The van der Waals surface area contributed by atoms with Crippen molar-refractivity contribution in [1.82, 2.24) is 0 Å². The Labute approximate surface area is 123 Å². The van der Waals surface area contributed by atoms with Crippen LogP contribution >= 0.6 is 0 Å². The number of ether oxygens (including phenoxy) is 2. The van der Waals surface area contributed by atoms with Crippen molar-refractivity contribution in [3.63, 3.8) is 0 Å². The predicted octanol–water partition coefficient (Wildman–Crippen LogP) is 2.69. The smallest absolute Gasteiger partial charge is 0.192 e. The predicted molar refractivity (Wildman–Crippen MR) is 81.0 cm³/mol. The van der Waals surface area contributed by atoms with Gasteiger partial charge in [-0.3, -0.25) is 0 Å². The summed E-state index contributed by atoms with van der Waals surface area (Å²) in [6.45, 7) is 15.3. The molecule has 0 saturated carbocycles. The molecule has 0 amide bonds. The Morgan fingerprint density at radius 2 is 2.05 bits per heavy atom. The Morgan fingerprint density at radius 3 is 2.60 bits per heavy atom. The lowest BCUT2D eigenvalue weighted by atomic mass is 9.90. The first-order valence-electron chi connectivity index (χ1n) is 7.41. The molecule has 1 N–H and O–H groups in total. The van der Waals surface area contributed by atoms with Crippen molar-refractivity contribution in [2.75, 3.05) is 6.61 Å². The van der Waals surface area contributed by atoms with E-state index in [-0.39, 0.29) is 29.5 Å². The van der Waals surface area contributed by atoms with E-state index >= 15 is 0 Å². The molecule has 2 aliphatic heterocycles. The lowest BCUT2D eigenvalue weighted by Gasteiger charge is -2.45. The van der Waals surface area contributed by atoms with Crippen LogP contribution < -0.4 is 0 Å². The monoisotopic (exact) mass is 300 g/mol. The van der Waals surface area contributed by atoms with Crippen LogP contribution in [0.25, 0.3) is 0 Å². The van der Waals surface area contributed by atoms with E-state index in [4.69, 9.17) is 13.9 Å². The first-order chi connectivity index (χ1) is 9.17. The number of fused-ring (bicyclic) bond motifs is 2. The standard InChI is InChI=1S/C15H28O4Si/c1-7-8-10-12(16)13(11-9-17-14(10)18-11)19-20(5,6)15(2,3)4/h7,10-14,16H,1,8-9H2,2-6H3/t10-,11-,12-,13-,14-/m1/s1. The number of aliphatic hydroxyl groups excluding tert-OH is 1. The number of hydrogen-bond acceptors (Lipinski definition) is 4. The number of aliphatic hydroxyl groups is 1. The maximum atomic E-state index is 10.7. The normalized spacial score (nSPS) is 38.0. The minimum atomic E-state index is -1.95. The minimum Gasteiger partial charge on any atom is -0.409 e. The molecule has 2 heterocycles. The van der Waals surface area contributed by atoms with Crippen LogP contribution in [0.3, 0.4) is 0 Å². The van der Waals surface area contributed by atoms with E-state index in [9.17, 15) is 5.11 Å². The first kappa shape index (κ1) is 16.2. The van der Waals surface area contributed by atoms with Crippen LogP contribution in [-0.4, -0.2) is 44.6 Å². The van der Waals surface area contributed by atoms with E-state index in [1.165, 1.54) is 0 Å². The van der Waals surface area contributed by atoms with Crippen molar-refractivity contribution in [1.29, 1.82) is 0 Å². The van der Waals surface area contributed by atoms with Gasteiger partial charge >= 0.3 is 0 Å². The van der Waals surface area contributed by atoms with Crippen LogP contribution in [0.1, 0.15) is 27.2 Å². The molecule has 2 aliphatic rings. The molecule has 0 aromatic heterocycles. The molecule has 4 nitrogen and oxygen atoms in total. The molecular weight excluding hydrogens is 272 g/mol. The highest BCUT2D eigenvalue weighted by molar-refractivity contribution is 6.74. The highest BCUT2D eigenvalue weighted by atomic mass is 28.4. The summed E-state index contributed by atoms with van der Waals surface area (Å²) in [5.74, 6) is -0.0824. The number of allylic oxidation sites excluding steroid dienone is 1. The quantitative estimate of drug-likeness (QED) is 0.640. The van der Waals surface area contributed by atoms with Gasteiger partial charge < -0.3 is 19.0 Å². The highest BCUT2D eigenvalue weighted by Gasteiger charge is 2.52. The van der Waals surface area contributed by atoms with Crippen molar-refractivity contribution in [2.45, 2.75) is 69.9 Å². The van der Waals surface area contributed by atoms with Crippen molar-refractivity contribution >= 4 is 8.32 Å². The lowest BCUT2D eigenvalue weighted by molar-refractivity contribution is -0.198. The van der Waals surface area contributed by atoms with Gasteiger partial charge in [-0.1, -0.05) is 26.8 Å². The summed E-state index contributed by atoms with van der Waals surface area (Å²) in [5, 5.41) is 10.8. The Morgan fingerprint density at radius 1 is 1.40 bits per heavy atom. The second-order valence-electron chi connectivity index (χ2n) is 7.40. The van der Waals surface area contributed by atoms with E-state index in [1.54, 1.807) is 0 Å². The molecule has 0 unspecified atom stereocenters. The maximum Gasteiger partial charge on any atom is 0.192 e. The summed E-state index contributed by atoms with van der Waals surface area (Å²) in [6, 6.07) is 0. The Kier molecular flexibility index (Phi) is 4.48. The molecule has 0 aromatic rings. The minimum absolute atomic E-state index is 0.0824. The van der Waals surface area contributed by atoms with E-state index < -0.39 is 14.4 Å². The summed E-state index contributed by atoms with van der Waals surface area (Å²) in [6.07, 6.45) is 1.18. The summed E-state index contributed by atoms with van der Waals surface area (Å²) in [4.78, 5) is 0. The number of rotatable bonds is 4. The molecule has 5 atom stereocenters. The first-order valence-corrected chi connectivity index (χ1v) is 10.3. The van der Waals surface area contributed by atoms with Crippen molar-refractivity contribution in [3.05, 3.63) is 12.7 Å². The molecule has 0 aromatic carbocycles. The van der Waals surface area contributed by atoms with Crippen LogP contribution in [0.2, 0.25) is 18.1 Å². The van der Waals surface area contributed by atoms with Gasteiger partial charge in [-0.05, 0) is 24.6 Å². The SMILES string of the molecule is C=CC[C@H]1[C@@H]2OC[C@@H](O2)[C@@H](O[Si](C)(C)C(C)(C)C)[C@@H]1O. The molecule has 2 saturated heterocycles. The molecular formula is C15H28O4Si. The van der Waals surface area contributed by atoms with E-state index in [1.807, 2.05) is 6.08 Å². The molecule has 5 heteroatoms. The molecule has 2 rings (SSSR count). The molecule has 0 aliphatic carbocycles. The van der Waals surface area contributed by atoms with E-state index in [2.05, 4.69) is 40.4 Å². The van der Waals surface area contributed by atoms with Crippen LogP contribution in [-0.2, 0) is 13.9 Å². The van der Waals surface area contributed by atoms with Crippen LogP contribution in [0.4, 0.5) is 0 Å². The maximum absolute atomic E-state index is 10.7. The Balaban J connectivity index is 2.16. The van der Waals surface area contributed by atoms with Gasteiger partial charge in [0.1, 0.15) is 6.10 Å². The zero-order chi connectivity index (χ0) is 15.1. The van der Waals surface area contributed by atoms with E-state index in [0.29, 0.717) is 13.0 Å². The largest absolute Gasteiger partial charge is 0.409 e. The molecule has 2 bridgehead atoms. The van der Waals surface area contributed by atoms with Crippen LogP contribution in [0, 0.1) is 5.92 Å². The van der Waals surface area contributed by atoms with Crippen molar-refractivity contribution in [2.24, 2.45) is 5.92 Å². The van der Waals surface area contributed by atoms with Gasteiger partial charge in [-0.15, -0.1) is 6.58 Å². The van der Waals surface area contributed by atoms with Crippen molar-refractivity contribution < 1.29 is 19.0 Å². The Bertz CT molecular complexity index is 363. The fourth-order valence-electron chi connectivity index (χ4n) is 2.57. The van der Waals surface area contributed by atoms with Gasteiger partial charge in [0.15, 0.2) is 14.6 Å². The van der Waals surface area contributed by atoms with Gasteiger partial charge in [0, 0.05) is 5.92 Å². The summed E-state index contributed by atoms with van der Waals surface area (Å²) in [5.41, 5.74) is 0. The zero-order valence-electron chi connectivity index (χ0n) is 13.3. The third-order valence-corrected chi connectivity index (χ3v) is 9.37. The van der Waals surface area contributed by atoms with Crippen LogP contribution in [0.15, 0.2) is 12.7 Å². The molecule has 2 fully saturated rings. The second kappa shape index (κ2) is 5.53. The fraction of sp³-hybridized carbons (Fsp3) is 0.867. The van der Waals surface area contributed by atoms with Crippen LogP contribution in [0.5, 0.6) is 0 Å². The van der Waals surface area contributed by atoms with Gasteiger partial charge in [-0.2, -0.15) is 0 Å². The summed E-state index contributed by atoms with van der Waals surface area (Å²) < 4.78 is 17.9. The average Bonchev–Trinajstić information content (AvgIpc) is 2.75. The fourth-order valence-corrected chi connectivity index (χ4v) is 3.89. The topological polar surface area (TPSA) is 47.9 Å². The molecule has 0 spiro atoms. The van der Waals surface area contributed by atoms with Gasteiger partial charge in [0.2, 0.25) is 0 Å². The zero-order valence-corrected chi connectivity index (χ0v) is 14.3. The third-order valence-electron chi connectivity index (χ3n) is 4.90. The van der Waals surface area contributed by atoms with Gasteiger partial charge in [0.25, 0.3) is 0 Å². The van der Waals surface area contributed by atoms with Crippen molar-refractivity contribution in [3.8, 4) is 0 Å². The Hall–Kier alpha value is -0.203. The lowest BCUT2D eigenvalue weighted by Crippen LogP contribution is -2.57. The molecule has 0 radical (unpaired) electrons. The molecule has 116 valence electrons. The van der Waals surface area contributed by atoms with Gasteiger partial charge in [0.05, 0.1) is 18.8 Å². The molecule has 20 heavy (non-hydrogen) atoms. The number of hydrogen-bond donors (Lipinski definition) is 1. The summed E-state index contributed by atoms with van der Waals surface area (Å²) in [7, 11) is -1.95. The average molecular weight is 300 g/mol. The highest BCUT2D eigenvalue weighted by Crippen LogP contribution is 2.42.